The van der Waals surface area contributed by atoms with Gasteiger partial charge < -0.3 is 20.1 Å². The van der Waals surface area contributed by atoms with E-state index in [9.17, 15) is 9.50 Å². The quantitative estimate of drug-likeness (QED) is 0.538. The van der Waals surface area contributed by atoms with Gasteiger partial charge in [0.1, 0.15) is 17.4 Å². The van der Waals surface area contributed by atoms with Gasteiger partial charge in [0.15, 0.2) is 0 Å². The average molecular weight is 424 g/mol. The molecule has 6 heteroatoms. The number of piperidine rings is 1. The van der Waals surface area contributed by atoms with Gasteiger partial charge >= 0.3 is 0 Å². The van der Waals surface area contributed by atoms with E-state index in [4.69, 9.17) is 9.72 Å². The van der Waals surface area contributed by atoms with Crippen molar-refractivity contribution < 1.29 is 14.2 Å². The van der Waals surface area contributed by atoms with Crippen LogP contribution in [-0.4, -0.2) is 43.4 Å². The second-order valence-electron chi connectivity index (χ2n) is 8.22. The lowest BCUT2D eigenvalue weighted by atomic mass is 9.98. The molecule has 0 aliphatic carbocycles. The lowest BCUT2D eigenvalue weighted by Crippen LogP contribution is -2.38. The van der Waals surface area contributed by atoms with Gasteiger partial charge in [0.2, 0.25) is 0 Å². The van der Waals surface area contributed by atoms with Crippen LogP contribution in [0.5, 0.6) is 5.75 Å². The first kappa shape index (κ1) is 21.5. The number of nitrogens with one attached hydrogen (secondary N) is 1. The minimum Gasteiger partial charge on any atom is -0.497 e. The van der Waals surface area contributed by atoms with Crippen molar-refractivity contribution in [1.82, 2.24) is 10.3 Å². The number of anilines is 1. The molecule has 0 spiro atoms. The van der Waals surface area contributed by atoms with Crippen LogP contribution < -0.4 is 15.0 Å². The summed E-state index contributed by atoms with van der Waals surface area (Å²) in [6.45, 7) is 3.48. The van der Waals surface area contributed by atoms with Crippen LogP contribution in [0.4, 0.5) is 10.2 Å². The minimum atomic E-state index is -0.206. The zero-order valence-electron chi connectivity index (χ0n) is 18.0. The molecule has 1 aromatic heterocycles. The molecule has 5 nitrogen and oxygen atoms in total. The molecule has 164 valence electrons. The Balaban J connectivity index is 1.53. The number of benzene rings is 2. The van der Waals surface area contributed by atoms with Crippen LogP contribution in [-0.2, 0) is 13.0 Å². The molecule has 0 saturated carbocycles. The van der Waals surface area contributed by atoms with Gasteiger partial charge in [0, 0.05) is 43.3 Å². The van der Waals surface area contributed by atoms with Gasteiger partial charge in [-0.1, -0.05) is 12.1 Å². The Kier molecular flexibility index (Phi) is 6.99. The molecule has 1 aliphatic rings. The Morgan fingerprint density at radius 2 is 2.03 bits per heavy atom. The van der Waals surface area contributed by atoms with E-state index >= 15 is 0 Å². The number of aromatic nitrogens is 1. The monoisotopic (exact) mass is 423 g/mol. The third kappa shape index (κ3) is 5.32. The van der Waals surface area contributed by atoms with Crippen LogP contribution >= 0.6 is 0 Å². The summed E-state index contributed by atoms with van der Waals surface area (Å²) in [5.41, 5.74) is 3.17. The van der Waals surface area contributed by atoms with Crippen LogP contribution in [0, 0.1) is 11.7 Å². The maximum absolute atomic E-state index is 13.1. The van der Waals surface area contributed by atoms with E-state index in [1.807, 2.05) is 30.3 Å². The number of fused-ring (bicyclic) bond motifs is 1. The van der Waals surface area contributed by atoms with E-state index in [0.29, 0.717) is 6.54 Å². The van der Waals surface area contributed by atoms with Gasteiger partial charge in [-0.25, -0.2) is 9.37 Å². The lowest BCUT2D eigenvalue weighted by molar-refractivity contribution is 0.208. The molecule has 1 aliphatic heterocycles. The number of ether oxygens (including phenoxy) is 1. The van der Waals surface area contributed by atoms with E-state index in [0.717, 1.165) is 72.5 Å². The van der Waals surface area contributed by atoms with Crippen molar-refractivity contribution in [2.24, 2.45) is 5.92 Å². The summed E-state index contributed by atoms with van der Waals surface area (Å²) < 4.78 is 18.5. The standard InChI is InChI=1S/C25H30FN3O2/c1-31-23-9-6-20-13-21(15-27-11-10-18-4-7-22(26)8-5-18)25(28-24(20)14-23)29-12-2-3-19(16-29)17-30/h4-9,13-14,19,27,30H,2-3,10-12,15-17H2,1H3/t19-/m1/s1. The van der Waals surface area contributed by atoms with Gasteiger partial charge in [-0.05, 0) is 67.6 Å². The molecular weight excluding hydrogens is 393 g/mol. The fourth-order valence-corrected chi connectivity index (χ4v) is 4.22. The number of aliphatic hydroxyl groups is 1. The molecule has 0 amide bonds. The van der Waals surface area contributed by atoms with Crippen molar-refractivity contribution in [2.45, 2.75) is 25.8 Å². The minimum absolute atomic E-state index is 0.206. The number of pyridine rings is 1. The summed E-state index contributed by atoms with van der Waals surface area (Å²) in [5.74, 6) is 1.86. The number of halogens is 1. The van der Waals surface area contributed by atoms with Gasteiger partial charge in [-0.15, -0.1) is 0 Å². The normalized spacial score (nSPS) is 16.6. The van der Waals surface area contributed by atoms with Crippen molar-refractivity contribution in [1.29, 1.82) is 0 Å². The Morgan fingerprint density at radius 3 is 2.81 bits per heavy atom. The maximum Gasteiger partial charge on any atom is 0.133 e. The lowest BCUT2D eigenvalue weighted by Gasteiger charge is -2.34. The van der Waals surface area contributed by atoms with Crippen LogP contribution in [0.2, 0.25) is 0 Å². The third-order valence-electron chi connectivity index (χ3n) is 5.98. The summed E-state index contributed by atoms with van der Waals surface area (Å²) in [6, 6.07) is 14.8. The summed E-state index contributed by atoms with van der Waals surface area (Å²) in [6.07, 6.45) is 2.95. The molecule has 1 fully saturated rings. The Labute approximate surface area is 182 Å². The molecular formula is C25H30FN3O2. The van der Waals surface area contributed by atoms with E-state index in [2.05, 4.69) is 16.3 Å². The highest BCUT2D eigenvalue weighted by molar-refractivity contribution is 5.83. The Hall–Kier alpha value is -2.70. The van der Waals surface area contributed by atoms with Crippen LogP contribution in [0.3, 0.4) is 0 Å². The number of hydrogen-bond acceptors (Lipinski definition) is 5. The number of nitrogens with zero attached hydrogens (tertiary/aromatic N) is 2. The molecule has 0 bridgehead atoms. The average Bonchev–Trinajstić information content (AvgIpc) is 2.82. The van der Waals surface area contributed by atoms with Crippen molar-refractivity contribution in [2.75, 3.05) is 38.3 Å². The van der Waals surface area contributed by atoms with Gasteiger partial charge in [-0.3, -0.25) is 0 Å². The predicted octanol–water partition coefficient (Wildman–Crippen LogP) is 3.92. The zero-order chi connectivity index (χ0) is 21.6. The molecule has 4 rings (SSSR count). The molecule has 1 saturated heterocycles. The van der Waals surface area contributed by atoms with E-state index in [1.54, 1.807) is 7.11 Å². The molecule has 2 N–H and O–H groups in total. The Morgan fingerprint density at radius 1 is 1.19 bits per heavy atom. The van der Waals surface area contributed by atoms with Crippen molar-refractivity contribution in [3.63, 3.8) is 0 Å². The van der Waals surface area contributed by atoms with Crippen molar-refractivity contribution in [3.8, 4) is 5.75 Å². The fourth-order valence-electron chi connectivity index (χ4n) is 4.22. The molecule has 2 heterocycles. The first-order valence-electron chi connectivity index (χ1n) is 10.9. The van der Waals surface area contributed by atoms with Gasteiger partial charge in [0.05, 0.1) is 12.6 Å². The van der Waals surface area contributed by atoms with E-state index in [1.165, 1.54) is 12.1 Å². The highest BCUT2D eigenvalue weighted by atomic mass is 19.1. The number of rotatable bonds is 8. The number of methoxy groups -OCH3 is 1. The SMILES string of the molecule is COc1ccc2cc(CNCCc3ccc(F)cc3)c(N3CCC[C@@H](CO)C3)nc2c1. The largest absolute Gasteiger partial charge is 0.497 e. The third-order valence-corrected chi connectivity index (χ3v) is 5.98. The molecule has 0 unspecified atom stereocenters. The summed E-state index contributed by atoms with van der Waals surface area (Å²) in [5, 5.41) is 14.3. The van der Waals surface area contributed by atoms with Crippen molar-refractivity contribution >= 4 is 16.7 Å². The summed E-state index contributed by atoms with van der Waals surface area (Å²) in [7, 11) is 1.66. The smallest absolute Gasteiger partial charge is 0.133 e. The molecule has 31 heavy (non-hydrogen) atoms. The van der Waals surface area contributed by atoms with Crippen LogP contribution in [0.15, 0.2) is 48.5 Å². The van der Waals surface area contributed by atoms with Gasteiger partial charge in [0.25, 0.3) is 0 Å². The first-order valence-corrected chi connectivity index (χ1v) is 10.9. The second kappa shape index (κ2) is 10.1. The van der Waals surface area contributed by atoms with Crippen molar-refractivity contribution in [3.05, 3.63) is 65.5 Å². The number of hydrogen-bond donors (Lipinski definition) is 2. The molecule has 3 aromatic rings. The van der Waals surface area contributed by atoms with E-state index in [-0.39, 0.29) is 18.3 Å². The predicted molar refractivity (Wildman–Crippen MR) is 122 cm³/mol. The maximum atomic E-state index is 13.1. The molecule has 1 atom stereocenters. The highest BCUT2D eigenvalue weighted by Gasteiger charge is 2.22. The first-order chi connectivity index (χ1) is 15.2. The van der Waals surface area contributed by atoms with Crippen LogP contribution in [0.1, 0.15) is 24.0 Å². The molecule has 0 radical (unpaired) electrons. The topological polar surface area (TPSA) is 57.6 Å². The number of aliphatic hydroxyl groups excluding tert-OH is 1. The van der Waals surface area contributed by atoms with Gasteiger partial charge in [-0.2, -0.15) is 0 Å². The van der Waals surface area contributed by atoms with Crippen LogP contribution in [0.25, 0.3) is 10.9 Å². The molecule has 2 aromatic carbocycles. The summed E-state index contributed by atoms with van der Waals surface area (Å²) in [4.78, 5) is 7.31. The summed E-state index contributed by atoms with van der Waals surface area (Å²) >= 11 is 0. The highest BCUT2D eigenvalue weighted by Crippen LogP contribution is 2.29. The van der Waals surface area contributed by atoms with E-state index < -0.39 is 0 Å². The zero-order valence-corrected chi connectivity index (χ0v) is 18.0. The second-order valence-corrected chi connectivity index (χ2v) is 8.22. The Bertz CT molecular complexity index is 1010. The fraction of sp³-hybridized carbons (Fsp3) is 0.400.